The molecule has 0 aliphatic rings. The highest BCUT2D eigenvalue weighted by molar-refractivity contribution is 4.92. The summed E-state index contributed by atoms with van der Waals surface area (Å²) in [5, 5.41) is 0. The normalized spacial score (nSPS) is 9.33. The van der Waals surface area contributed by atoms with E-state index in [-0.39, 0.29) is 0 Å². The van der Waals surface area contributed by atoms with Crippen LogP contribution in [-0.4, -0.2) is 0 Å². The lowest BCUT2D eigenvalue weighted by Crippen LogP contribution is -1.86. The molecule has 0 aromatic carbocycles. The largest absolute Gasteiger partial charge is 0.518 e. The van der Waals surface area contributed by atoms with Crippen molar-refractivity contribution < 1.29 is 8.83 Å². The number of rotatable bonds is 2. The fourth-order valence-corrected chi connectivity index (χ4v) is 0.501. The molecule has 0 radical (unpaired) electrons. The first-order chi connectivity index (χ1) is 4.33. The van der Waals surface area contributed by atoms with E-state index in [2.05, 4.69) is 15.4 Å². The van der Waals surface area contributed by atoms with E-state index in [9.17, 15) is 4.79 Å². The average molecular weight is 126 g/mol. The molecule has 0 atom stereocenters. The molecule has 3 heteroatoms. The molecule has 0 aliphatic carbocycles. The Kier molecular flexibility index (Phi) is 1.53. The van der Waals surface area contributed by atoms with Gasteiger partial charge in [0.15, 0.2) is 5.76 Å². The van der Waals surface area contributed by atoms with Crippen molar-refractivity contribution in [3.05, 3.63) is 35.3 Å². The molecule has 0 aliphatic heterocycles. The zero-order valence-corrected chi connectivity index (χ0v) is 4.79. The van der Waals surface area contributed by atoms with Crippen LogP contribution in [0.25, 0.3) is 0 Å². The van der Waals surface area contributed by atoms with E-state index >= 15 is 0 Å². The van der Waals surface area contributed by atoms with Gasteiger partial charge in [-0.15, -0.1) is 6.58 Å². The smallest absolute Gasteiger partial charge is 0.399 e. The van der Waals surface area contributed by atoms with Crippen LogP contribution in [-0.2, 0) is 6.42 Å². The summed E-state index contributed by atoms with van der Waals surface area (Å²) in [6.07, 6.45) is 3.45. The maximum atomic E-state index is 10.2. The molecule has 0 unspecified atom stereocenters. The Bertz CT molecular complexity index is 243. The summed E-state index contributed by atoms with van der Waals surface area (Å²) in [5.74, 6) is -0.151. The number of hydrogen-bond donors (Lipinski definition) is 0. The molecule has 1 aromatic rings. The van der Waals surface area contributed by atoms with Crippen LogP contribution in [0.1, 0.15) is 5.76 Å². The van der Waals surface area contributed by atoms with E-state index in [0.717, 1.165) is 0 Å². The van der Waals surface area contributed by atoms with Crippen molar-refractivity contribution in [2.24, 2.45) is 0 Å². The van der Waals surface area contributed by atoms with Crippen LogP contribution in [0.15, 0.2) is 32.5 Å². The lowest BCUT2D eigenvalue weighted by Gasteiger charge is -1.77. The topological polar surface area (TPSA) is 43.4 Å². The first kappa shape index (κ1) is 5.88. The van der Waals surface area contributed by atoms with E-state index in [4.69, 9.17) is 0 Å². The summed E-state index contributed by atoms with van der Waals surface area (Å²) in [6, 6.07) is 0. The highest BCUT2D eigenvalue weighted by atomic mass is 16.6. The number of allylic oxidation sites excluding steroid dienone is 1. The molecule has 0 saturated carbocycles. The second kappa shape index (κ2) is 2.35. The van der Waals surface area contributed by atoms with Gasteiger partial charge in [0.2, 0.25) is 0 Å². The summed E-state index contributed by atoms with van der Waals surface area (Å²) in [6.45, 7) is 3.46. The molecular formula is C6H6O3. The van der Waals surface area contributed by atoms with Gasteiger partial charge in [0, 0.05) is 6.42 Å². The Morgan fingerprint density at radius 3 is 3.00 bits per heavy atom. The van der Waals surface area contributed by atoms with Crippen LogP contribution >= 0.6 is 0 Å². The standard InChI is InChI=1S/C6H6O3/c1-2-3-5-4-8-6(7)9-5/h2,4H,1,3H2. The van der Waals surface area contributed by atoms with Gasteiger partial charge >= 0.3 is 5.82 Å². The van der Waals surface area contributed by atoms with Gasteiger partial charge in [-0.25, -0.2) is 4.79 Å². The van der Waals surface area contributed by atoms with Gasteiger partial charge in [-0.1, -0.05) is 6.08 Å². The molecule has 1 heterocycles. The zero-order valence-electron chi connectivity index (χ0n) is 4.79. The molecule has 3 nitrogen and oxygen atoms in total. The quantitative estimate of drug-likeness (QED) is 0.554. The Balaban J connectivity index is 2.84. The molecule has 1 rings (SSSR count). The SMILES string of the molecule is C=CCc1coc(=O)o1. The predicted octanol–water partition coefficient (Wildman–Crippen LogP) is 0.961. The van der Waals surface area contributed by atoms with Crippen LogP contribution in [0, 0.1) is 0 Å². The lowest BCUT2D eigenvalue weighted by atomic mass is 10.4. The minimum Gasteiger partial charge on any atom is -0.399 e. The molecule has 0 bridgehead atoms. The highest BCUT2D eigenvalue weighted by Crippen LogP contribution is 1.95. The van der Waals surface area contributed by atoms with Gasteiger partial charge in [0.05, 0.1) is 0 Å². The molecule has 0 spiro atoms. The summed E-state index contributed by atoms with van der Waals surface area (Å²) in [7, 11) is 0. The average Bonchev–Trinajstić information content (AvgIpc) is 2.17. The molecule has 9 heavy (non-hydrogen) atoms. The Labute approximate surface area is 51.6 Å². The Hall–Kier alpha value is -1.25. The molecule has 48 valence electrons. The van der Waals surface area contributed by atoms with Crippen molar-refractivity contribution in [3.63, 3.8) is 0 Å². The second-order valence-corrected chi connectivity index (χ2v) is 1.55. The minimum atomic E-state index is -0.660. The van der Waals surface area contributed by atoms with Crippen LogP contribution in [0.3, 0.4) is 0 Å². The van der Waals surface area contributed by atoms with E-state index in [1.165, 1.54) is 6.26 Å². The van der Waals surface area contributed by atoms with Crippen molar-refractivity contribution in [2.75, 3.05) is 0 Å². The second-order valence-electron chi connectivity index (χ2n) is 1.55. The van der Waals surface area contributed by atoms with Crippen molar-refractivity contribution in [1.82, 2.24) is 0 Å². The predicted molar refractivity (Wildman–Crippen MR) is 31.1 cm³/mol. The fourth-order valence-electron chi connectivity index (χ4n) is 0.501. The van der Waals surface area contributed by atoms with Crippen LogP contribution in [0.4, 0.5) is 0 Å². The van der Waals surface area contributed by atoms with E-state index in [1.54, 1.807) is 6.08 Å². The maximum absolute atomic E-state index is 10.2. The lowest BCUT2D eigenvalue weighted by molar-refractivity contribution is 0.376. The third kappa shape index (κ3) is 1.32. The van der Waals surface area contributed by atoms with Gasteiger partial charge < -0.3 is 8.83 Å². The van der Waals surface area contributed by atoms with Crippen LogP contribution in [0.2, 0.25) is 0 Å². The van der Waals surface area contributed by atoms with Gasteiger partial charge in [0.25, 0.3) is 0 Å². The summed E-state index contributed by atoms with van der Waals surface area (Å²) < 4.78 is 8.88. The van der Waals surface area contributed by atoms with Crippen molar-refractivity contribution in [3.8, 4) is 0 Å². The van der Waals surface area contributed by atoms with Gasteiger partial charge in [-0.3, -0.25) is 0 Å². The van der Waals surface area contributed by atoms with Crippen LogP contribution < -0.4 is 5.82 Å². The first-order valence-electron chi connectivity index (χ1n) is 2.51. The maximum Gasteiger partial charge on any atom is 0.518 e. The minimum absolute atomic E-state index is 0.509. The third-order valence-electron chi connectivity index (χ3n) is 0.847. The monoisotopic (exact) mass is 126 g/mol. The Morgan fingerprint density at radius 1 is 1.78 bits per heavy atom. The summed E-state index contributed by atoms with van der Waals surface area (Å²) in [4.78, 5) is 10.2. The van der Waals surface area contributed by atoms with Gasteiger partial charge in [0.1, 0.15) is 6.26 Å². The third-order valence-corrected chi connectivity index (χ3v) is 0.847. The molecule has 0 amide bonds. The summed E-state index contributed by atoms with van der Waals surface area (Å²) >= 11 is 0. The molecule has 1 aromatic heterocycles. The van der Waals surface area contributed by atoms with Gasteiger partial charge in [-0.05, 0) is 0 Å². The van der Waals surface area contributed by atoms with Crippen molar-refractivity contribution >= 4 is 0 Å². The van der Waals surface area contributed by atoms with Crippen molar-refractivity contribution in [2.45, 2.75) is 6.42 Å². The number of hydrogen-bond acceptors (Lipinski definition) is 3. The highest BCUT2D eigenvalue weighted by Gasteiger charge is 1.95. The van der Waals surface area contributed by atoms with Crippen molar-refractivity contribution in [1.29, 1.82) is 0 Å². The summed E-state index contributed by atoms with van der Waals surface area (Å²) in [5.41, 5.74) is 0. The zero-order chi connectivity index (χ0) is 6.69. The molecule has 0 N–H and O–H groups in total. The van der Waals surface area contributed by atoms with E-state index < -0.39 is 5.82 Å². The molecule has 0 fully saturated rings. The Morgan fingerprint density at radius 2 is 2.56 bits per heavy atom. The van der Waals surface area contributed by atoms with Gasteiger partial charge in [-0.2, -0.15) is 0 Å². The molecule has 0 saturated heterocycles. The van der Waals surface area contributed by atoms with Crippen LogP contribution in [0.5, 0.6) is 0 Å². The molecular weight excluding hydrogens is 120 g/mol. The first-order valence-corrected chi connectivity index (χ1v) is 2.51. The fraction of sp³-hybridized carbons (Fsp3) is 0.167. The van der Waals surface area contributed by atoms with E-state index in [1.807, 2.05) is 0 Å². The van der Waals surface area contributed by atoms with E-state index in [0.29, 0.717) is 12.2 Å².